The Balaban J connectivity index is 2.64. The standard InChI is InChI=1S/C11H16OS/c1-9(12)7-8-10-5-3-4-6-11(10)13-2/h3-6,9,12H,7-8H2,1-2H3/t9-/m1/s1. The van der Waals surface area contributed by atoms with Crippen LogP contribution in [0, 0.1) is 0 Å². The molecule has 0 bridgehead atoms. The first-order chi connectivity index (χ1) is 6.24. The van der Waals surface area contributed by atoms with Crippen molar-refractivity contribution in [3.05, 3.63) is 29.8 Å². The summed E-state index contributed by atoms with van der Waals surface area (Å²) in [6.07, 6.45) is 3.70. The molecule has 0 spiro atoms. The van der Waals surface area contributed by atoms with E-state index in [0.717, 1.165) is 12.8 Å². The zero-order valence-electron chi connectivity index (χ0n) is 8.16. The van der Waals surface area contributed by atoms with E-state index < -0.39 is 0 Å². The summed E-state index contributed by atoms with van der Waals surface area (Å²) in [4.78, 5) is 1.32. The Bertz CT molecular complexity index is 258. The summed E-state index contributed by atoms with van der Waals surface area (Å²) < 4.78 is 0. The number of aliphatic hydroxyl groups is 1. The molecule has 0 amide bonds. The molecule has 1 atom stereocenters. The molecule has 0 aliphatic carbocycles. The second-order valence-electron chi connectivity index (χ2n) is 3.20. The monoisotopic (exact) mass is 196 g/mol. The lowest BCUT2D eigenvalue weighted by molar-refractivity contribution is 0.184. The third kappa shape index (κ3) is 3.41. The molecular formula is C11H16OS. The van der Waals surface area contributed by atoms with Gasteiger partial charge in [-0.3, -0.25) is 0 Å². The number of aryl methyl sites for hydroxylation is 1. The van der Waals surface area contributed by atoms with Gasteiger partial charge in [-0.1, -0.05) is 18.2 Å². The van der Waals surface area contributed by atoms with E-state index in [2.05, 4.69) is 30.5 Å². The summed E-state index contributed by atoms with van der Waals surface area (Å²) in [6.45, 7) is 1.84. The number of thioether (sulfide) groups is 1. The molecule has 0 radical (unpaired) electrons. The van der Waals surface area contributed by atoms with E-state index in [0.29, 0.717) is 0 Å². The fourth-order valence-corrected chi connectivity index (χ4v) is 1.92. The molecule has 0 fully saturated rings. The lowest BCUT2D eigenvalue weighted by atomic mass is 10.1. The molecule has 0 heterocycles. The largest absolute Gasteiger partial charge is 0.393 e. The summed E-state index contributed by atoms with van der Waals surface area (Å²) in [6, 6.07) is 8.37. The van der Waals surface area contributed by atoms with Crippen LogP contribution in [0.1, 0.15) is 18.9 Å². The van der Waals surface area contributed by atoms with Crippen molar-refractivity contribution >= 4 is 11.8 Å². The maximum atomic E-state index is 9.17. The van der Waals surface area contributed by atoms with Crippen molar-refractivity contribution in [1.82, 2.24) is 0 Å². The molecular weight excluding hydrogens is 180 g/mol. The summed E-state index contributed by atoms with van der Waals surface area (Å²) in [5.41, 5.74) is 1.34. The fourth-order valence-electron chi connectivity index (χ4n) is 1.27. The van der Waals surface area contributed by atoms with Crippen LogP contribution < -0.4 is 0 Å². The molecule has 0 aliphatic heterocycles. The highest BCUT2D eigenvalue weighted by Crippen LogP contribution is 2.21. The van der Waals surface area contributed by atoms with Crippen molar-refractivity contribution in [3.8, 4) is 0 Å². The van der Waals surface area contributed by atoms with Gasteiger partial charge >= 0.3 is 0 Å². The molecule has 0 saturated heterocycles. The summed E-state index contributed by atoms with van der Waals surface area (Å²) in [7, 11) is 0. The van der Waals surface area contributed by atoms with Crippen molar-refractivity contribution in [2.75, 3.05) is 6.26 Å². The number of hydrogen-bond acceptors (Lipinski definition) is 2. The zero-order chi connectivity index (χ0) is 9.68. The minimum absolute atomic E-state index is 0.199. The van der Waals surface area contributed by atoms with E-state index in [9.17, 15) is 5.11 Å². The first-order valence-corrected chi connectivity index (χ1v) is 5.76. The normalized spacial score (nSPS) is 12.8. The van der Waals surface area contributed by atoms with E-state index in [1.807, 2.05) is 6.92 Å². The van der Waals surface area contributed by atoms with E-state index in [1.165, 1.54) is 10.5 Å². The van der Waals surface area contributed by atoms with Crippen molar-refractivity contribution in [3.63, 3.8) is 0 Å². The zero-order valence-corrected chi connectivity index (χ0v) is 8.97. The van der Waals surface area contributed by atoms with Crippen LogP contribution in [0.25, 0.3) is 0 Å². The Morgan fingerprint density at radius 1 is 1.38 bits per heavy atom. The topological polar surface area (TPSA) is 20.2 Å². The van der Waals surface area contributed by atoms with E-state index in [1.54, 1.807) is 11.8 Å². The predicted molar refractivity (Wildman–Crippen MR) is 58.2 cm³/mol. The molecule has 1 rings (SSSR count). The van der Waals surface area contributed by atoms with Gasteiger partial charge < -0.3 is 5.11 Å². The summed E-state index contributed by atoms with van der Waals surface area (Å²) >= 11 is 1.77. The third-order valence-electron chi connectivity index (χ3n) is 2.02. The van der Waals surface area contributed by atoms with Crippen molar-refractivity contribution in [2.24, 2.45) is 0 Å². The van der Waals surface area contributed by atoms with Crippen LogP contribution in [-0.4, -0.2) is 17.5 Å². The van der Waals surface area contributed by atoms with E-state index in [-0.39, 0.29) is 6.10 Å². The quantitative estimate of drug-likeness (QED) is 0.747. The Hall–Kier alpha value is -0.470. The van der Waals surface area contributed by atoms with Gasteiger partial charge in [-0.2, -0.15) is 0 Å². The molecule has 0 aromatic heterocycles. The van der Waals surface area contributed by atoms with Gasteiger partial charge in [-0.15, -0.1) is 11.8 Å². The average molecular weight is 196 g/mol. The number of aliphatic hydroxyl groups excluding tert-OH is 1. The Morgan fingerprint density at radius 3 is 2.69 bits per heavy atom. The minimum Gasteiger partial charge on any atom is -0.393 e. The van der Waals surface area contributed by atoms with Gasteiger partial charge in [0.1, 0.15) is 0 Å². The van der Waals surface area contributed by atoms with Gasteiger partial charge in [-0.05, 0) is 37.7 Å². The lowest BCUT2D eigenvalue weighted by Gasteiger charge is -2.07. The second-order valence-corrected chi connectivity index (χ2v) is 4.05. The van der Waals surface area contributed by atoms with E-state index in [4.69, 9.17) is 0 Å². The molecule has 1 aromatic rings. The molecule has 2 heteroatoms. The summed E-state index contributed by atoms with van der Waals surface area (Å²) in [5, 5.41) is 9.17. The molecule has 1 N–H and O–H groups in total. The van der Waals surface area contributed by atoms with Crippen molar-refractivity contribution in [1.29, 1.82) is 0 Å². The molecule has 72 valence electrons. The third-order valence-corrected chi connectivity index (χ3v) is 2.86. The first kappa shape index (κ1) is 10.6. The van der Waals surface area contributed by atoms with Crippen LogP contribution in [0.5, 0.6) is 0 Å². The van der Waals surface area contributed by atoms with Crippen LogP contribution in [-0.2, 0) is 6.42 Å². The van der Waals surface area contributed by atoms with Crippen LogP contribution in [0.3, 0.4) is 0 Å². The molecule has 0 aliphatic rings. The molecule has 1 nitrogen and oxygen atoms in total. The number of rotatable bonds is 4. The van der Waals surface area contributed by atoms with Gasteiger partial charge in [0.05, 0.1) is 6.10 Å². The molecule has 0 unspecified atom stereocenters. The van der Waals surface area contributed by atoms with E-state index >= 15 is 0 Å². The second kappa shape index (κ2) is 5.30. The van der Waals surface area contributed by atoms with Gasteiger partial charge in [-0.25, -0.2) is 0 Å². The Morgan fingerprint density at radius 2 is 2.08 bits per heavy atom. The van der Waals surface area contributed by atoms with Gasteiger partial charge in [0, 0.05) is 4.90 Å². The molecule has 13 heavy (non-hydrogen) atoms. The average Bonchev–Trinajstić information content (AvgIpc) is 2.15. The fraction of sp³-hybridized carbons (Fsp3) is 0.455. The highest BCUT2D eigenvalue weighted by atomic mass is 32.2. The smallest absolute Gasteiger partial charge is 0.0515 e. The SMILES string of the molecule is CSc1ccccc1CC[C@@H](C)O. The highest BCUT2D eigenvalue weighted by Gasteiger charge is 2.01. The van der Waals surface area contributed by atoms with Crippen molar-refractivity contribution in [2.45, 2.75) is 30.8 Å². The van der Waals surface area contributed by atoms with Crippen molar-refractivity contribution < 1.29 is 5.11 Å². The highest BCUT2D eigenvalue weighted by molar-refractivity contribution is 7.98. The maximum Gasteiger partial charge on any atom is 0.0515 e. The van der Waals surface area contributed by atoms with Crippen LogP contribution >= 0.6 is 11.8 Å². The van der Waals surface area contributed by atoms with Crippen LogP contribution in [0.2, 0.25) is 0 Å². The lowest BCUT2D eigenvalue weighted by Crippen LogP contribution is -2.01. The van der Waals surface area contributed by atoms with Crippen LogP contribution in [0.15, 0.2) is 29.2 Å². The minimum atomic E-state index is -0.199. The van der Waals surface area contributed by atoms with Gasteiger partial charge in [0.15, 0.2) is 0 Å². The molecule has 1 aromatic carbocycles. The van der Waals surface area contributed by atoms with Gasteiger partial charge in [0.25, 0.3) is 0 Å². The van der Waals surface area contributed by atoms with Crippen LogP contribution in [0.4, 0.5) is 0 Å². The molecule has 0 saturated carbocycles. The number of hydrogen-bond donors (Lipinski definition) is 1. The summed E-state index contributed by atoms with van der Waals surface area (Å²) in [5.74, 6) is 0. The Kier molecular flexibility index (Phi) is 4.33. The number of benzene rings is 1. The van der Waals surface area contributed by atoms with Gasteiger partial charge in [0.2, 0.25) is 0 Å². The maximum absolute atomic E-state index is 9.17. The first-order valence-electron chi connectivity index (χ1n) is 4.54. The predicted octanol–water partition coefficient (Wildman–Crippen LogP) is 2.72. The Labute approximate surface area is 84.2 Å².